The number of benzene rings is 1. The van der Waals surface area contributed by atoms with E-state index in [2.05, 4.69) is 32.7 Å². The first-order valence-electron chi connectivity index (χ1n) is 10.3. The van der Waals surface area contributed by atoms with Gasteiger partial charge in [-0.1, -0.05) is 18.6 Å². The number of amides is 1. The lowest BCUT2D eigenvalue weighted by Gasteiger charge is -2.27. The Morgan fingerprint density at radius 3 is 2.39 bits per heavy atom. The number of nitrogens with one attached hydrogen (secondary N) is 2. The van der Waals surface area contributed by atoms with E-state index in [0.29, 0.717) is 6.42 Å². The molecule has 1 amide bonds. The van der Waals surface area contributed by atoms with E-state index in [4.69, 9.17) is 0 Å². The highest BCUT2D eigenvalue weighted by molar-refractivity contribution is 14.0. The molecule has 0 bridgehead atoms. The predicted molar refractivity (Wildman–Crippen MR) is 127 cm³/mol. The Bertz CT molecular complexity index is 628. The van der Waals surface area contributed by atoms with Crippen LogP contribution in [0, 0.1) is 0 Å². The molecular formula is C21H34IN5O. The summed E-state index contributed by atoms with van der Waals surface area (Å²) in [6.45, 7) is 5.98. The van der Waals surface area contributed by atoms with Gasteiger partial charge in [0.05, 0.1) is 0 Å². The molecule has 2 fully saturated rings. The molecule has 7 heteroatoms. The lowest BCUT2D eigenvalue weighted by molar-refractivity contribution is -0.119. The Morgan fingerprint density at radius 1 is 1.00 bits per heavy atom. The van der Waals surface area contributed by atoms with Crippen molar-refractivity contribution in [1.29, 1.82) is 0 Å². The number of piperidine rings is 2. The molecule has 2 N–H and O–H groups in total. The van der Waals surface area contributed by atoms with Crippen LogP contribution in [0.3, 0.4) is 0 Å². The van der Waals surface area contributed by atoms with Crippen LogP contribution in [-0.4, -0.2) is 56.5 Å². The zero-order valence-corrected chi connectivity index (χ0v) is 19.3. The molecule has 0 saturated carbocycles. The highest BCUT2D eigenvalue weighted by Crippen LogP contribution is 2.21. The van der Waals surface area contributed by atoms with E-state index in [1.807, 2.05) is 17.0 Å². The van der Waals surface area contributed by atoms with Crippen molar-refractivity contribution >= 4 is 41.5 Å². The number of halogens is 1. The zero-order valence-electron chi connectivity index (χ0n) is 17.0. The Hall–Kier alpha value is -1.35. The minimum Gasteiger partial charge on any atom is -0.355 e. The molecule has 2 aliphatic heterocycles. The average molecular weight is 499 g/mol. The van der Waals surface area contributed by atoms with Crippen LogP contribution in [0.1, 0.15) is 44.1 Å². The fraction of sp³-hybridized carbons (Fsp3) is 0.619. The number of hydrogen-bond donors (Lipinski definition) is 2. The summed E-state index contributed by atoms with van der Waals surface area (Å²) < 4.78 is 0. The van der Waals surface area contributed by atoms with Crippen molar-refractivity contribution in [1.82, 2.24) is 15.5 Å². The molecule has 0 unspecified atom stereocenters. The Morgan fingerprint density at radius 2 is 1.71 bits per heavy atom. The third-order valence-electron chi connectivity index (χ3n) is 5.42. The number of anilines is 1. The molecule has 0 aliphatic carbocycles. The van der Waals surface area contributed by atoms with Gasteiger partial charge in [0.2, 0.25) is 5.91 Å². The molecule has 0 spiro atoms. The van der Waals surface area contributed by atoms with E-state index >= 15 is 0 Å². The van der Waals surface area contributed by atoms with Crippen molar-refractivity contribution < 1.29 is 4.79 Å². The van der Waals surface area contributed by atoms with Gasteiger partial charge in [0.1, 0.15) is 0 Å². The summed E-state index contributed by atoms with van der Waals surface area (Å²) in [5.41, 5.74) is 2.19. The van der Waals surface area contributed by atoms with Crippen LogP contribution in [0.5, 0.6) is 0 Å². The van der Waals surface area contributed by atoms with Gasteiger partial charge in [-0.05, 0) is 56.5 Å². The fourth-order valence-electron chi connectivity index (χ4n) is 3.79. The second-order valence-electron chi connectivity index (χ2n) is 7.42. The second kappa shape index (κ2) is 12.3. The van der Waals surface area contributed by atoms with Crippen molar-refractivity contribution in [3.63, 3.8) is 0 Å². The summed E-state index contributed by atoms with van der Waals surface area (Å²) in [6, 6.07) is 8.27. The Kier molecular flexibility index (Phi) is 10.0. The van der Waals surface area contributed by atoms with Crippen LogP contribution in [0.25, 0.3) is 0 Å². The summed E-state index contributed by atoms with van der Waals surface area (Å²) >= 11 is 0. The summed E-state index contributed by atoms with van der Waals surface area (Å²) in [7, 11) is 1.81. The van der Waals surface area contributed by atoms with E-state index < -0.39 is 0 Å². The number of hydrogen-bond acceptors (Lipinski definition) is 3. The van der Waals surface area contributed by atoms with Crippen LogP contribution in [-0.2, 0) is 11.3 Å². The maximum absolute atomic E-state index is 12.0. The van der Waals surface area contributed by atoms with Gasteiger partial charge in [0.25, 0.3) is 0 Å². The minimum atomic E-state index is 0. The fourth-order valence-corrected chi connectivity index (χ4v) is 3.79. The highest BCUT2D eigenvalue weighted by atomic mass is 127. The molecule has 156 valence electrons. The smallest absolute Gasteiger partial charge is 0.226 e. The standard InChI is InChI=1S/C21H33N5O.HI/c1-22-21(23-12-16-25-13-4-2-5-14-25)24-17-18-8-10-19(11-9-18)26-15-6-3-7-20(26)27;/h8-11H,2-7,12-17H2,1H3,(H2,22,23,24);1H. The van der Waals surface area contributed by atoms with E-state index in [0.717, 1.165) is 50.7 Å². The van der Waals surface area contributed by atoms with Gasteiger partial charge < -0.3 is 20.4 Å². The Balaban J connectivity index is 0.00000280. The molecule has 2 saturated heterocycles. The number of aliphatic imine (C=N–C) groups is 1. The number of nitrogens with zero attached hydrogens (tertiary/aromatic N) is 3. The van der Waals surface area contributed by atoms with Gasteiger partial charge in [-0.15, -0.1) is 24.0 Å². The molecule has 0 aromatic heterocycles. The number of likely N-dealkylation sites (tertiary alicyclic amines) is 1. The summed E-state index contributed by atoms with van der Waals surface area (Å²) in [4.78, 5) is 20.8. The molecule has 2 heterocycles. The number of carbonyl (C=O) groups excluding carboxylic acids is 1. The highest BCUT2D eigenvalue weighted by Gasteiger charge is 2.19. The first kappa shape index (κ1) is 22.9. The monoisotopic (exact) mass is 499 g/mol. The van der Waals surface area contributed by atoms with Gasteiger partial charge in [0.15, 0.2) is 5.96 Å². The number of carbonyl (C=O) groups is 1. The molecular weight excluding hydrogens is 465 g/mol. The molecule has 1 aromatic rings. The molecule has 28 heavy (non-hydrogen) atoms. The van der Waals surface area contributed by atoms with Gasteiger partial charge in [0, 0.05) is 45.3 Å². The maximum atomic E-state index is 12.0. The maximum Gasteiger partial charge on any atom is 0.226 e. The second-order valence-corrected chi connectivity index (χ2v) is 7.42. The first-order chi connectivity index (χ1) is 13.3. The van der Waals surface area contributed by atoms with E-state index in [1.54, 1.807) is 7.05 Å². The van der Waals surface area contributed by atoms with Crippen molar-refractivity contribution in [2.45, 2.75) is 45.1 Å². The lowest BCUT2D eigenvalue weighted by atomic mass is 10.1. The van der Waals surface area contributed by atoms with Crippen LogP contribution in [0.2, 0.25) is 0 Å². The van der Waals surface area contributed by atoms with Crippen LogP contribution in [0.15, 0.2) is 29.3 Å². The van der Waals surface area contributed by atoms with E-state index in [1.165, 1.54) is 37.9 Å². The molecule has 3 rings (SSSR count). The summed E-state index contributed by atoms with van der Waals surface area (Å²) in [5.74, 6) is 1.08. The van der Waals surface area contributed by atoms with E-state index in [9.17, 15) is 4.79 Å². The molecule has 0 atom stereocenters. The van der Waals surface area contributed by atoms with Gasteiger partial charge >= 0.3 is 0 Å². The van der Waals surface area contributed by atoms with Gasteiger partial charge in [-0.2, -0.15) is 0 Å². The van der Waals surface area contributed by atoms with Gasteiger partial charge in [-0.3, -0.25) is 9.79 Å². The zero-order chi connectivity index (χ0) is 18.9. The Labute approximate surface area is 186 Å². The molecule has 0 radical (unpaired) electrons. The van der Waals surface area contributed by atoms with Crippen molar-refractivity contribution in [2.75, 3.05) is 44.7 Å². The lowest BCUT2D eigenvalue weighted by Crippen LogP contribution is -2.42. The topological polar surface area (TPSA) is 60.0 Å². The quantitative estimate of drug-likeness (QED) is 0.359. The van der Waals surface area contributed by atoms with Crippen LogP contribution >= 0.6 is 24.0 Å². The summed E-state index contributed by atoms with van der Waals surface area (Å²) in [6.07, 6.45) is 6.80. The van der Waals surface area contributed by atoms with Crippen molar-refractivity contribution in [3.05, 3.63) is 29.8 Å². The molecule has 2 aliphatic rings. The first-order valence-corrected chi connectivity index (χ1v) is 10.3. The van der Waals surface area contributed by atoms with E-state index in [-0.39, 0.29) is 29.9 Å². The minimum absolute atomic E-state index is 0. The average Bonchev–Trinajstić information content (AvgIpc) is 2.72. The number of rotatable bonds is 6. The summed E-state index contributed by atoms with van der Waals surface area (Å²) in [5, 5.41) is 6.77. The van der Waals surface area contributed by atoms with Crippen molar-refractivity contribution in [3.8, 4) is 0 Å². The number of guanidine groups is 1. The SMILES string of the molecule is CN=C(NCCN1CCCCC1)NCc1ccc(N2CCCCC2=O)cc1.I. The van der Waals surface area contributed by atoms with Crippen LogP contribution < -0.4 is 15.5 Å². The third-order valence-corrected chi connectivity index (χ3v) is 5.42. The van der Waals surface area contributed by atoms with Gasteiger partial charge in [-0.25, -0.2) is 0 Å². The normalized spacial score (nSPS) is 18.5. The third kappa shape index (κ3) is 6.92. The molecule has 6 nitrogen and oxygen atoms in total. The largest absolute Gasteiger partial charge is 0.355 e. The molecule has 1 aromatic carbocycles. The predicted octanol–water partition coefficient (Wildman–Crippen LogP) is 2.97. The van der Waals surface area contributed by atoms with Crippen LogP contribution in [0.4, 0.5) is 5.69 Å². The van der Waals surface area contributed by atoms with Crippen molar-refractivity contribution in [2.24, 2.45) is 4.99 Å².